The van der Waals surface area contributed by atoms with Crippen molar-refractivity contribution in [2.75, 3.05) is 6.54 Å². The summed E-state index contributed by atoms with van der Waals surface area (Å²) in [6.45, 7) is 0.791. The molecule has 4 nitrogen and oxygen atoms in total. The first-order chi connectivity index (χ1) is 13.1. The number of rotatable bonds is 4. The fourth-order valence-corrected chi connectivity index (χ4v) is 6.98. The second kappa shape index (κ2) is 6.59. The topological polar surface area (TPSA) is 67.1 Å². The zero-order valence-electron chi connectivity index (χ0n) is 16.3. The molecule has 5 fully saturated rings. The van der Waals surface area contributed by atoms with E-state index in [-0.39, 0.29) is 10.8 Å². The van der Waals surface area contributed by atoms with Crippen molar-refractivity contribution >= 4 is 5.91 Å². The maximum atomic E-state index is 13.5. The lowest BCUT2D eigenvalue weighted by atomic mass is 9.48. The molecule has 146 valence electrons. The summed E-state index contributed by atoms with van der Waals surface area (Å²) >= 11 is 0. The van der Waals surface area contributed by atoms with Gasteiger partial charge in [0.05, 0.1) is 5.41 Å². The molecule has 3 aliphatic carbocycles. The number of nitrogens with one attached hydrogen (secondary N) is 2. The van der Waals surface area contributed by atoms with Crippen molar-refractivity contribution in [1.82, 2.24) is 10.6 Å². The number of piperidine rings is 2. The third-order valence-electron chi connectivity index (χ3n) is 8.08. The van der Waals surface area contributed by atoms with Gasteiger partial charge in [-0.3, -0.25) is 4.79 Å². The van der Waals surface area contributed by atoms with Crippen molar-refractivity contribution in [3.8, 4) is 0 Å². The summed E-state index contributed by atoms with van der Waals surface area (Å²) in [6, 6.07) is 12.3. The summed E-state index contributed by atoms with van der Waals surface area (Å²) in [5.41, 5.74) is 7.29. The minimum Gasteiger partial charge on any atom is -0.353 e. The number of hydrogen-bond acceptors (Lipinski definition) is 3. The van der Waals surface area contributed by atoms with Crippen LogP contribution in [0.2, 0.25) is 0 Å². The normalized spacial score (nSPS) is 42.9. The Morgan fingerprint density at radius 2 is 1.70 bits per heavy atom. The van der Waals surface area contributed by atoms with Crippen molar-refractivity contribution in [1.29, 1.82) is 0 Å². The molecule has 0 aromatic heterocycles. The average Bonchev–Trinajstić information content (AvgIpc) is 2.68. The highest BCUT2D eigenvalue weighted by molar-refractivity contribution is 5.84. The van der Waals surface area contributed by atoms with Crippen LogP contribution < -0.4 is 16.4 Å². The lowest BCUT2D eigenvalue weighted by Crippen LogP contribution is -2.68. The van der Waals surface area contributed by atoms with Gasteiger partial charge in [0.25, 0.3) is 0 Å². The van der Waals surface area contributed by atoms with Gasteiger partial charge < -0.3 is 16.4 Å². The molecule has 2 aliphatic heterocycles. The Labute approximate surface area is 162 Å². The van der Waals surface area contributed by atoms with Crippen LogP contribution >= 0.6 is 0 Å². The van der Waals surface area contributed by atoms with E-state index in [9.17, 15) is 4.79 Å². The molecule has 2 unspecified atom stereocenters. The van der Waals surface area contributed by atoms with Gasteiger partial charge in [-0.15, -0.1) is 0 Å². The van der Waals surface area contributed by atoms with E-state index >= 15 is 0 Å². The summed E-state index contributed by atoms with van der Waals surface area (Å²) in [6.07, 6.45) is 9.95. The minimum atomic E-state index is -0.169. The molecule has 2 atom stereocenters. The van der Waals surface area contributed by atoms with Gasteiger partial charge in [0.15, 0.2) is 0 Å². The van der Waals surface area contributed by atoms with Gasteiger partial charge in [0.2, 0.25) is 5.91 Å². The number of benzene rings is 1. The van der Waals surface area contributed by atoms with E-state index < -0.39 is 0 Å². The van der Waals surface area contributed by atoms with E-state index in [4.69, 9.17) is 5.73 Å². The van der Waals surface area contributed by atoms with E-state index in [2.05, 4.69) is 41.0 Å². The van der Waals surface area contributed by atoms with Crippen molar-refractivity contribution in [3.63, 3.8) is 0 Å². The molecule has 0 radical (unpaired) electrons. The molecule has 2 saturated heterocycles. The maximum Gasteiger partial charge on any atom is 0.226 e. The van der Waals surface area contributed by atoms with Gasteiger partial charge in [-0.1, -0.05) is 30.3 Å². The summed E-state index contributed by atoms with van der Waals surface area (Å²) in [5, 5.41) is 7.29. The van der Waals surface area contributed by atoms with Crippen molar-refractivity contribution in [3.05, 3.63) is 35.9 Å². The second-order valence-electron chi connectivity index (χ2n) is 9.91. The van der Waals surface area contributed by atoms with Crippen molar-refractivity contribution in [2.45, 2.75) is 81.3 Å². The van der Waals surface area contributed by atoms with Crippen molar-refractivity contribution in [2.24, 2.45) is 17.1 Å². The molecule has 4 N–H and O–H groups in total. The SMILES string of the molecule is NC[C@H]1CC[C@H](NC(=O)C23CC4CC(c5ccccc5)(CC(C2)N4)C3)CC1. The third-order valence-corrected chi connectivity index (χ3v) is 8.08. The maximum absolute atomic E-state index is 13.5. The molecule has 4 heteroatoms. The first-order valence-electron chi connectivity index (χ1n) is 10.9. The van der Waals surface area contributed by atoms with Crippen LogP contribution in [-0.2, 0) is 10.2 Å². The third kappa shape index (κ3) is 3.01. The number of carbonyl (C=O) groups is 1. The summed E-state index contributed by atoms with van der Waals surface area (Å²) in [4.78, 5) is 13.5. The predicted molar refractivity (Wildman–Crippen MR) is 107 cm³/mol. The average molecular weight is 368 g/mol. The Morgan fingerprint density at radius 1 is 1.04 bits per heavy atom. The zero-order valence-corrected chi connectivity index (χ0v) is 16.3. The molecular formula is C23H33N3O. The van der Waals surface area contributed by atoms with Crippen LogP contribution in [0.1, 0.15) is 63.4 Å². The van der Waals surface area contributed by atoms with Gasteiger partial charge >= 0.3 is 0 Å². The van der Waals surface area contributed by atoms with Crippen LogP contribution in [0.3, 0.4) is 0 Å². The summed E-state index contributed by atoms with van der Waals surface area (Å²) < 4.78 is 0. The minimum absolute atomic E-state index is 0.169. The highest BCUT2D eigenvalue weighted by Gasteiger charge is 2.61. The van der Waals surface area contributed by atoms with Crippen LogP contribution in [0.4, 0.5) is 0 Å². The van der Waals surface area contributed by atoms with E-state index in [1.165, 1.54) is 18.4 Å². The summed E-state index contributed by atoms with van der Waals surface area (Å²) in [7, 11) is 0. The molecule has 5 aliphatic rings. The zero-order chi connectivity index (χ0) is 18.5. The Hall–Kier alpha value is -1.39. The van der Waals surface area contributed by atoms with Crippen LogP contribution in [0.25, 0.3) is 0 Å². The first-order valence-corrected chi connectivity index (χ1v) is 10.9. The van der Waals surface area contributed by atoms with E-state index in [0.717, 1.165) is 51.5 Å². The van der Waals surface area contributed by atoms with Crippen LogP contribution in [0.15, 0.2) is 30.3 Å². The van der Waals surface area contributed by atoms with Gasteiger partial charge in [0.1, 0.15) is 0 Å². The second-order valence-corrected chi connectivity index (χ2v) is 9.91. The van der Waals surface area contributed by atoms with Crippen LogP contribution in [-0.4, -0.2) is 30.6 Å². The predicted octanol–water partition coefficient (Wildman–Crippen LogP) is 2.86. The fraction of sp³-hybridized carbons (Fsp3) is 0.696. The molecule has 1 amide bonds. The monoisotopic (exact) mass is 367 g/mol. The Morgan fingerprint density at radius 3 is 2.33 bits per heavy atom. The number of carbonyl (C=O) groups excluding carboxylic acids is 1. The molecule has 3 saturated carbocycles. The molecule has 1 aromatic rings. The largest absolute Gasteiger partial charge is 0.353 e. The van der Waals surface area contributed by atoms with Gasteiger partial charge in [0, 0.05) is 18.1 Å². The van der Waals surface area contributed by atoms with Crippen LogP contribution in [0, 0.1) is 11.3 Å². The standard InChI is InChI=1S/C23H33N3O/c24-14-16-6-8-18(9-7-16)26-21(27)23-12-19-10-22(15-23,11-20(13-23)25-19)17-4-2-1-3-5-17/h1-5,16,18-20,25H,6-15,24H2,(H,26,27)/t16-,18-,19?,20?,22?,23?. The molecule has 27 heavy (non-hydrogen) atoms. The first kappa shape index (κ1) is 17.7. The number of hydrogen-bond donors (Lipinski definition) is 3. The highest BCUT2D eigenvalue weighted by Crippen LogP contribution is 2.59. The molecule has 2 heterocycles. The Bertz CT molecular complexity index is 681. The number of nitrogens with two attached hydrogens (primary N) is 1. The van der Waals surface area contributed by atoms with Gasteiger partial charge in [-0.05, 0) is 81.2 Å². The van der Waals surface area contributed by atoms with Gasteiger partial charge in [-0.2, -0.15) is 0 Å². The van der Waals surface area contributed by atoms with Crippen LogP contribution in [0.5, 0.6) is 0 Å². The fourth-order valence-electron chi connectivity index (χ4n) is 6.98. The lowest BCUT2D eigenvalue weighted by Gasteiger charge is -2.62. The molecule has 0 spiro atoms. The highest BCUT2D eigenvalue weighted by atomic mass is 16.2. The Balaban J connectivity index is 1.36. The smallest absolute Gasteiger partial charge is 0.226 e. The lowest BCUT2D eigenvalue weighted by molar-refractivity contribution is -0.145. The van der Waals surface area contributed by atoms with Crippen molar-refractivity contribution < 1.29 is 4.79 Å². The van der Waals surface area contributed by atoms with Gasteiger partial charge in [-0.25, -0.2) is 0 Å². The van der Waals surface area contributed by atoms with E-state index in [1.54, 1.807) is 0 Å². The molecule has 1 aromatic carbocycles. The summed E-state index contributed by atoms with van der Waals surface area (Å²) in [5.74, 6) is 0.998. The molecule has 6 rings (SSSR count). The number of amides is 1. The van der Waals surface area contributed by atoms with E-state index in [1.807, 2.05) is 0 Å². The molecular weight excluding hydrogens is 334 g/mol. The molecule has 4 bridgehead atoms. The Kier molecular flexibility index (Phi) is 4.32. The quantitative estimate of drug-likeness (QED) is 0.767. The van der Waals surface area contributed by atoms with E-state index in [0.29, 0.717) is 30.0 Å².